The zero-order valence-corrected chi connectivity index (χ0v) is 18.0. The molecule has 166 valence electrons. The molecule has 1 aliphatic heterocycles. The lowest BCUT2D eigenvalue weighted by atomic mass is 9.95. The third kappa shape index (κ3) is 5.99. The van der Waals surface area contributed by atoms with Crippen LogP contribution in [0.2, 0.25) is 0 Å². The molecule has 1 aliphatic rings. The summed E-state index contributed by atoms with van der Waals surface area (Å²) in [5.74, 6) is -1.76. The molecule has 3 rings (SSSR count). The summed E-state index contributed by atoms with van der Waals surface area (Å²) in [6, 6.07) is 3.73. The SMILES string of the molecule is CC(C)(CO)CN=C1NC(=O)/C(=C/c2csc(-c3cccc(OC(F)(F)F)c3O)n2)S1. The predicted octanol–water partition coefficient (Wildman–Crippen LogP) is 3.99. The fraction of sp³-hybridized carbons (Fsp3) is 0.316. The number of thiazole rings is 1. The number of hydrogen-bond donors (Lipinski definition) is 3. The van der Waals surface area contributed by atoms with Gasteiger partial charge >= 0.3 is 6.36 Å². The van der Waals surface area contributed by atoms with Crippen LogP contribution in [0.1, 0.15) is 19.5 Å². The average Bonchev–Trinajstić information content (AvgIpc) is 3.28. The summed E-state index contributed by atoms with van der Waals surface area (Å²) in [5.41, 5.74) is 0.0607. The van der Waals surface area contributed by atoms with Gasteiger partial charge in [0.2, 0.25) is 0 Å². The Kier molecular flexibility index (Phi) is 6.62. The van der Waals surface area contributed by atoms with Crippen molar-refractivity contribution in [1.29, 1.82) is 0 Å². The number of ether oxygens (including phenoxy) is 1. The third-order valence-electron chi connectivity index (χ3n) is 3.99. The van der Waals surface area contributed by atoms with E-state index in [0.717, 1.165) is 29.2 Å². The van der Waals surface area contributed by atoms with Crippen molar-refractivity contribution in [3.8, 4) is 22.1 Å². The van der Waals surface area contributed by atoms with Crippen molar-refractivity contribution in [2.75, 3.05) is 13.2 Å². The first kappa shape index (κ1) is 23.1. The van der Waals surface area contributed by atoms with Crippen LogP contribution in [0.5, 0.6) is 11.5 Å². The highest BCUT2D eigenvalue weighted by Crippen LogP contribution is 2.40. The van der Waals surface area contributed by atoms with E-state index in [2.05, 4.69) is 20.0 Å². The van der Waals surface area contributed by atoms with Gasteiger partial charge in [-0.25, -0.2) is 4.98 Å². The molecule has 2 heterocycles. The number of hydrogen-bond acceptors (Lipinski definition) is 8. The molecule has 2 aromatic rings. The van der Waals surface area contributed by atoms with Gasteiger partial charge in [0.05, 0.1) is 16.2 Å². The molecule has 0 radical (unpaired) electrons. The largest absolute Gasteiger partial charge is 0.573 e. The lowest BCUT2D eigenvalue weighted by Gasteiger charge is -2.18. The number of aliphatic hydroxyl groups is 1. The first-order valence-corrected chi connectivity index (χ1v) is 10.6. The number of alkyl halides is 3. The zero-order valence-electron chi connectivity index (χ0n) is 16.4. The van der Waals surface area contributed by atoms with Gasteiger partial charge in [-0.15, -0.1) is 24.5 Å². The van der Waals surface area contributed by atoms with Crippen LogP contribution in [0.3, 0.4) is 0 Å². The van der Waals surface area contributed by atoms with Crippen molar-refractivity contribution < 1.29 is 32.9 Å². The van der Waals surface area contributed by atoms with Crippen LogP contribution >= 0.6 is 23.1 Å². The van der Waals surface area contributed by atoms with Crippen molar-refractivity contribution in [2.24, 2.45) is 10.4 Å². The number of nitrogens with one attached hydrogen (secondary N) is 1. The van der Waals surface area contributed by atoms with Gasteiger partial charge in [-0.3, -0.25) is 9.79 Å². The smallest absolute Gasteiger partial charge is 0.504 e. The highest BCUT2D eigenvalue weighted by atomic mass is 32.2. The number of nitrogens with zero attached hydrogens (tertiary/aromatic N) is 2. The van der Waals surface area contributed by atoms with E-state index in [1.807, 2.05) is 13.8 Å². The van der Waals surface area contributed by atoms with Crippen LogP contribution in [-0.2, 0) is 4.79 Å². The van der Waals surface area contributed by atoms with Gasteiger partial charge < -0.3 is 20.3 Å². The number of aromatic hydroxyl groups is 1. The van der Waals surface area contributed by atoms with Gasteiger partial charge in [0, 0.05) is 23.9 Å². The van der Waals surface area contributed by atoms with E-state index in [9.17, 15) is 28.2 Å². The monoisotopic (exact) mass is 473 g/mol. The number of amidine groups is 1. The van der Waals surface area contributed by atoms with Gasteiger partial charge in [-0.1, -0.05) is 19.9 Å². The Bertz CT molecular complexity index is 1050. The van der Waals surface area contributed by atoms with Crippen LogP contribution in [0.25, 0.3) is 16.6 Å². The van der Waals surface area contributed by atoms with Crippen LogP contribution in [0.4, 0.5) is 13.2 Å². The van der Waals surface area contributed by atoms with Gasteiger partial charge in [0.25, 0.3) is 5.91 Å². The first-order valence-electron chi connectivity index (χ1n) is 8.87. The summed E-state index contributed by atoms with van der Waals surface area (Å²) < 4.78 is 41.3. The highest BCUT2D eigenvalue weighted by Gasteiger charge is 2.33. The summed E-state index contributed by atoms with van der Waals surface area (Å²) in [6.45, 7) is 3.97. The molecule has 1 aromatic carbocycles. The molecule has 1 saturated heterocycles. The second-order valence-corrected chi connectivity index (χ2v) is 9.17. The predicted molar refractivity (Wildman–Crippen MR) is 113 cm³/mol. The number of aromatic nitrogens is 1. The van der Waals surface area contributed by atoms with Crippen LogP contribution in [0, 0.1) is 5.41 Å². The number of amides is 1. The van der Waals surface area contributed by atoms with E-state index >= 15 is 0 Å². The van der Waals surface area contributed by atoms with Crippen molar-refractivity contribution in [2.45, 2.75) is 20.2 Å². The molecular formula is C19H18F3N3O4S2. The number of aliphatic hydroxyl groups excluding tert-OH is 1. The molecule has 3 N–H and O–H groups in total. The minimum Gasteiger partial charge on any atom is -0.504 e. The third-order valence-corrected chi connectivity index (χ3v) is 5.83. The fourth-order valence-electron chi connectivity index (χ4n) is 2.35. The van der Waals surface area contributed by atoms with Crippen LogP contribution in [-0.4, -0.2) is 45.8 Å². The molecule has 1 aromatic heterocycles. The zero-order chi connectivity index (χ0) is 22.8. The van der Waals surface area contributed by atoms with Crippen molar-refractivity contribution >= 4 is 40.2 Å². The van der Waals surface area contributed by atoms with Gasteiger partial charge in [0.15, 0.2) is 16.7 Å². The van der Waals surface area contributed by atoms with Gasteiger partial charge in [0.1, 0.15) is 5.01 Å². The molecule has 31 heavy (non-hydrogen) atoms. The van der Waals surface area contributed by atoms with E-state index < -0.39 is 23.3 Å². The van der Waals surface area contributed by atoms with E-state index in [1.54, 1.807) is 5.38 Å². The number of aliphatic imine (C=N–C) groups is 1. The van der Waals surface area contributed by atoms with E-state index in [4.69, 9.17) is 0 Å². The number of carbonyl (C=O) groups is 1. The Morgan fingerprint density at radius 2 is 2.06 bits per heavy atom. The van der Waals surface area contributed by atoms with Crippen LogP contribution in [0.15, 0.2) is 33.5 Å². The highest BCUT2D eigenvalue weighted by molar-refractivity contribution is 8.18. The molecule has 0 bridgehead atoms. The lowest BCUT2D eigenvalue weighted by Crippen LogP contribution is -2.24. The summed E-state index contributed by atoms with van der Waals surface area (Å²) >= 11 is 2.21. The standard InChI is InChI=1S/C19H18F3N3O4S2/c1-18(2,9-26)8-23-17-25-15(28)13(31-17)6-10-7-30-16(24-10)11-4-3-5-12(14(11)27)29-19(20,21)22/h3-7,26-27H,8-9H2,1-2H3,(H,23,25,28)/b13-6-. The summed E-state index contributed by atoms with van der Waals surface area (Å²) in [5, 5.41) is 24.3. The molecule has 1 fully saturated rings. The maximum atomic E-state index is 12.5. The quantitative estimate of drug-likeness (QED) is 0.548. The fourth-order valence-corrected chi connectivity index (χ4v) is 3.96. The normalized spacial score (nSPS) is 17.4. The minimum absolute atomic E-state index is 0.0469. The van der Waals surface area contributed by atoms with Crippen LogP contribution < -0.4 is 10.1 Å². The Balaban J connectivity index is 1.79. The topological polar surface area (TPSA) is 104 Å². The van der Waals surface area contributed by atoms with Gasteiger partial charge in [-0.2, -0.15) is 0 Å². The number of carbonyl (C=O) groups excluding carboxylic acids is 1. The minimum atomic E-state index is -4.94. The summed E-state index contributed by atoms with van der Waals surface area (Å²) in [6.07, 6.45) is -3.42. The molecule has 12 heteroatoms. The molecule has 0 saturated carbocycles. The maximum Gasteiger partial charge on any atom is 0.573 e. The number of para-hydroxylation sites is 1. The van der Waals surface area contributed by atoms with Crippen molar-refractivity contribution in [3.05, 3.63) is 34.2 Å². The number of phenols is 1. The molecule has 1 amide bonds. The number of thioether (sulfide) groups is 1. The Hall–Kier alpha value is -2.57. The van der Waals surface area contributed by atoms with E-state index in [-0.39, 0.29) is 23.1 Å². The van der Waals surface area contributed by atoms with Crippen molar-refractivity contribution in [3.63, 3.8) is 0 Å². The molecule has 0 unspecified atom stereocenters. The number of benzene rings is 1. The average molecular weight is 473 g/mol. The van der Waals surface area contributed by atoms with Crippen molar-refractivity contribution in [1.82, 2.24) is 10.3 Å². The maximum absolute atomic E-state index is 12.5. The van der Waals surface area contributed by atoms with Gasteiger partial charge in [-0.05, 0) is 30.0 Å². The van der Waals surface area contributed by atoms with E-state index in [1.165, 1.54) is 18.2 Å². The molecule has 0 spiro atoms. The second-order valence-electron chi connectivity index (χ2n) is 7.29. The van der Waals surface area contributed by atoms with E-state index in [0.29, 0.717) is 22.3 Å². The number of phenolic OH excluding ortho intramolecular Hbond substituents is 1. The number of rotatable bonds is 6. The molecule has 0 aliphatic carbocycles. The summed E-state index contributed by atoms with van der Waals surface area (Å²) in [7, 11) is 0. The summed E-state index contributed by atoms with van der Waals surface area (Å²) in [4.78, 5) is 21.1. The number of halogens is 3. The second kappa shape index (κ2) is 8.89. The Morgan fingerprint density at radius 1 is 1.32 bits per heavy atom. The Morgan fingerprint density at radius 3 is 2.74 bits per heavy atom. The molecule has 7 nitrogen and oxygen atoms in total. The molecule has 0 atom stereocenters. The first-order chi connectivity index (χ1) is 14.5. The lowest BCUT2D eigenvalue weighted by molar-refractivity contribution is -0.275. The molecular weight excluding hydrogens is 455 g/mol. The Labute approximate surface area is 183 Å².